The molecule has 142 valence electrons. The Bertz CT molecular complexity index is 838. The zero-order valence-corrected chi connectivity index (χ0v) is 16.4. The van der Waals surface area contributed by atoms with Crippen LogP contribution in [0.5, 0.6) is 0 Å². The van der Waals surface area contributed by atoms with Gasteiger partial charge in [0.25, 0.3) is 5.91 Å². The van der Waals surface area contributed by atoms with Crippen LogP contribution in [0.25, 0.3) is 0 Å². The van der Waals surface area contributed by atoms with Crippen molar-refractivity contribution < 1.29 is 19.2 Å². The van der Waals surface area contributed by atoms with Crippen molar-refractivity contribution in [1.29, 1.82) is 0 Å². The van der Waals surface area contributed by atoms with Crippen molar-refractivity contribution in [3.63, 3.8) is 0 Å². The van der Waals surface area contributed by atoms with Gasteiger partial charge in [-0.15, -0.1) is 0 Å². The Labute approximate surface area is 171 Å². The molecule has 0 heterocycles. The number of esters is 1. The fraction of sp³-hybridized carbons (Fsp3) is 0.167. The van der Waals surface area contributed by atoms with Crippen molar-refractivity contribution >= 4 is 52.9 Å². The molecule has 2 aromatic rings. The SMILES string of the molecule is COC(=O)C(/C=N\OCc1c(Cl)cccc1Cl)NC(=O)c1cccc(Cl)c1. The quantitative estimate of drug-likeness (QED) is 0.408. The second-order valence-corrected chi connectivity index (χ2v) is 6.46. The molecule has 0 saturated carbocycles. The Morgan fingerprint density at radius 1 is 1.15 bits per heavy atom. The number of amides is 1. The van der Waals surface area contributed by atoms with Crippen LogP contribution in [-0.4, -0.2) is 31.2 Å². The van der Waals surface area contributed by atoms with E-state index in [-0.39, 0.29) is 12.2 Å². The maximum atomic E-state index is 12.3. The lowest BCUT2D eigenvalue weighted by molar-refractivity contribution is -0.140. The van der Waals surface area contributed by atoms with Gasteiger partial charge < -0.3 is 14.9 Å². The molecule has 0 fully saturated rings. The summed E-state index contributed by atoms with van der Waals surface area (Å²) in [4.78, 5) is 29.3. The zero-order valence-electron chi connectivity index (χ0n) is 14.1. The Kier molecular flexibility index (Phi) is 7.91. The van der Waals surface area contributed by atoms with E-state index in [0.717, 1.165) is 6.21 Å². The summed E-state index contributed by atoms with van der Waals surface area (Å²) in [6.07, 6.45) is 1.11. The summed E-state index contributed by atoms with van der Waals surface area (Å²) in [6, 6.07) is 10.2. The lowest BCUT2D eigenvalue weighted by Crippen LogP contribution is -2.42. The van der Waals surface area contributed by atoms with E-state index in [4.69, 9.17) is 39.6 Å². The van der Waals surface area contributed by atoms with Crippen molar-refractivity contribution in [1.82, 2.24) is 5.32 Å². The van der Waals surface area contributed by atoms with Gasteiger partial charge in [0.15, 0.2) is 6.04 Å². The van der Waals surface area contributed by atoms with Gasteiger partial charge in [0.1, 0.15) is 6.61 Å². The average Bonchev–Trinajstić information content (AvgIpc) is 2.65. The van der Waals surface area contributed by atoms with Gasteiger partial charge in [-0.25, -0.2) is 4.79 Å². The number of methoxy groups -OCH3 is 1. The molecule has 0 aliphatic heterocycles. The minimum absolute atomic E-state index is 0.00879. The number of hydrogen-bond acceptors (Lipinski definition) is 5. The van der Waals surface area contributed by atoms with E-state index in [0.29, 0.717) is 20.6 Å². The third-order valence-corrected chi connectivity index (χ3v) is 4.33. The molecule has 1 atom stereocenters. The van der Waals surface area contributed by atoms with Crippen LogP contribution in [0.15, 0.2) is 47.6 Å². The number of hydrogen-bond donors (Lipinski definition) is 1. The first-order valence-electron chi connectivity index (χ1n) is 7.65. The average molecular weight is 430 g/mol. The number of rotatable bonds is 7. The lowest BCUT2D eigenvalue weighted by Gasteiger charge is -2.12. The highest BCUT2D eigenvalue weighted by Crippen LogP contribution is 2.24. The normalized spacial score (nSPS) is 11.9. The van der Waals surface area contributed by atoms with Crippen LogP contribution in [0, 0.1) is 0 Å². The summed E-state index contributed by atoms with van der Waals surface area (Å²) in [5, 5.41) is 7.43. The Balaban J connectivity index is 2.02. The number of carbonyl (C=O) groups is 2. The summed E-state index contributed by atoms with van der Waals surface area (Å²) in [5.41, 5.74) is 0.837. The molecule has 2 aromatic carbocycles. The zero-order chi connectivity index (χ0) is 19.8. The number of ether oxygens (including phenoxy) is 1. The van der Waals surface area contributed by atoms with E-state index >= 15 is 0 Å². The maximum absolute atomic E-state index is 12.3. The smallest absolute Gasteiger partial charge is 0.334 e. The molecule has 0 aromatic heterocycles. The molecular formula is C18H15Cl3N2O4. The third-order valence-electron chi connectivity index (χ3n) is 3.38. The van der Waals surface area contributed by atoms with Gasteiger partial charge in [-0.3, -0.25) is 4.79 Å². The van der Waals surface area contributed by atoms with Crippen LogP contribution in [0.1, 0.15) is 15.9 Å². The third kappa shape index (κ3) is 6.13. The highest BCUT2D eigenvalue weighted by atomic mass is 35.5. The molecule has 1 unspecified atom stereocenters. The number of carbonyl (C=O) groups excluding carboxylic acids is 2. The molecular weight excluding hydrogens is 415 g/mol. The molecule has 2 rings (SSSR count). The molecule has 0 aliphatic carbocycles. The second kappa shape index (κ2) is 10.2. The number of nitrogens with zero attached hydrogens (tertiary/aromatic N) is 1. The van der Waals surface area contributed by atoms with Gasteiger partial charge in [-0.1, -0.05) is 52.1 Å². The molecule has 6 nitrogen and oxygen atoms in total. The molecule has 9 heteroatoms. The maximum Gasteiger partial charge on any atom is 0.334 e. The Morgan fingerprint density at radius 3 is 2.44 bits per heavy atom. The molecule has 0 radical (unpaired) electrons. The van der Waals surface area contributed by atoms with Crippen molar-refractivity contribution in [2.45, 2.75) is 12.6 Å². The summed E-state index contributed by atoms with van der Waals surface area (Å²) >= 11 is 17.9. The van der Waals surface area contributed by atoms with E-state index in [1.54, 1.807) is 36.4 Å². The molecule has 27 heavy (non-hydrogen) atoms. The molecule has 0 spiro atoms. The minimum Gasteiger partial charge on any atom is -0.467 e. The number of halogens is 3. The lowest BCUT2D eigenvalue weighted by atomic mass is 10.2. The van der Waals surface area contributed by atoms with E-state index < -0.39 is 17.9 Å². The number of oxime groups is 1. The van der Waals surface area contributed by atoms with Crippen LogP contribution in [0.3, 0.4) is 0 Å². The van der Waals surface area contributed by atoms with E-state index in [2.05, 4.69) is 15.2 Å². The first-order chi connectivity index (χ1) is 12.9. The van der Waals surface area contributed by atoms with Crippen LogP contribution in [-0.2, 0) is 21.0 Å². The topological polar surface area (TPSA) is 77.0 Å². The molecule has 0 aliphatic rings. The Hall–Kier alpha value is -2.28. The summed E-state index contributed by atoms with van der Waals surface area (Å²) in [7, 11) is 1.19. The predicted molar refractivity (Wildman–Crippen MR) is 104 cm³/mol. The van der Waals surface area contributed by atoms with Gasteiger partial charge in [-0.2, -0.15) is 0 Å². The number of benzene rings is 2. The summed E-state index contributed by atoms with van der Waals surface area (Å²) < 4.78 is 4.66. The highest BCUT2D eigenvalue weighted by Gasteiger charge is 2.20. The molecule has 0 saturated heterocycles. The second-order valence-electron chi connectivity index (χ2n) is 5.21. The summed E-state index contributed by atoms with van der Waals surface area (Å²) in [5.74, 6) is -1.23. The molecule has 0 bridgehead atoms. The van der Waals surface area contributed by atoms with Crippen molar-refractivity contribution in [3.8, 4) is 0 Å². The Morgan fingerprint density at radius 2 is 1.81 bits per heavy atom. The van der Waals surface area contributed by atoms with Gasteiger partial charge >= 0.3 is 5.97 Å². The van der Waals surface area contributed by atoms with Crippen LogP contribution < -0.4 is 5.32 Å². The monoisotopic (exact) mass is 428 g/mol. The van der Waals surface area contributed by atoms with Gasteiger partial charge in [0, 0.05) is 26.2 Å². The first kappa shape index (κ1) is 21.0. The standard InChI is InChI=1S/C18H15Cl3N2O4/c1-26-18(25)16(23-17(24)11-4-2-5-12(19)8-11)9-22-27-10-13-14(20)6-3-7-15(13)21/h2-9,16H,10H2,1H3,(H,23,24)/b22-9-. The minimum atomic E-state index is -1.15. The predicted octanol–water partition coefficient (Wildman–Crippen LogP) is 4.12. The molecule has 1 N–H and O–H groups in total. The van der Waals surface area contributed by atoms with Crippen molar-refractivity contribution in [3.05, 3.63) is 68.7 Å². The van der Waals surface area contributed by atoms with Crippen molar-refractivity contribution in [2.24, 2.45) is 5.16 Å². The fourth-order valence-electron chi connectivity index (χ4n) is 2.01. The van der Waals surface area contributed by atoms with E-state index in [9.17, 15) is 9.59 Å². The number of nitrogens with one attached hydrogen (secondary N) is 1. The highest BCUT2D eigenvalue weighted by molar-refractivity contribution is 6.36. The fourth-order valence-corrected chi connectivity index (χ4v) is 2.71. The van der Waals surface area contributed by atoms with Crippen LogP contribution >= 0.6 is 34.8 Å². The van der Waals surface area contributed by atoms with Gasteiger partial charge in [-0.05, 0) is 30.3 Å². The van der Waals surface area contributed by atoms with E-state index in [1.807, 2.05) is 0 Å². The molecule has 1 amide bonds. The van der Waals surface area contributed by atoms with Crippen LogP contribution in [0.4, 0.5) is 0 Å². The largest absolute Gasteiger partial charge is 0.467 e. The van der Waals surface area contributed by atoms with Crippen molar-refractivity contribution in [2.75, 3.05) is 7.11 Å². The van der Waals surface area contributed by atoms with Gasteiger partial charge in [0.05, 0.1) is 13.3 Å². The van der Waals surface area contributed by atoms with Crippen LogP contribution in [0.2, 0.25) is 15.1 Å². The summed E-state index contributed by atoms with van der Waals surface area (Å²) in [6.45, 7) is -0.00879. The first-order valence-corrected chi connectivity index (χ1v) is 8.78. The van der Waals surface area contributed by atoms with Gasteiger partial charge in [0.2, 0.25) is 0 Å². The van der Waals surface area contributed by atoms with E-state index in [1.165, 1.54) is 13.2 Å².